The minimum absolute atomic E-state index is 0.0242. The molecule has 0 aliphatic carbocycles. The van der Waals surface area contributed by atoms with E-state index in [-0.39, 0.29) is 23.6 Å². The molecule has 14 rings (SSSR count). The number of rotatable bonds is 40. The minimum atomic E-state index is -0.263. The molecular formula is C121H149F2N7. The Labute approximate surface area is 782 Å². The van der Waals surface area contributed by atoms with E-state index in [4.69, 9.17) is 11.5 Å². The van der Waals surface area contributed by atoms with Crippen LogP contribution < -0.4 is 27.4 Å². The molecule has 0 unspecified atom stereocenters. The molecule has 0 saturated carbocycles. The molecule has 0 radical (unpaired) electrons. The van der Waals surface area contributed by atoms with Gasteiger partial charge in [-0.05, 0) is 247 Å². The first-order valence-corrected chi connectivity index (χ1v) is 47.7. The van der Waals surface area contributed by atoms with Gasteiger partial charge in [0.25, 0.3) is 0 Å². The predicted octanol–water partition coefficient (Wildman–Crippen LogP) is 27.9. The van der Waals surface area contributed by atoms with Crippen molar-refractivity contribution in [3.63, 3.8) is 0 Å². The maximum absolute atomic E-state index is 13.5. The zero-order valence-corrected chi connectivity index (χ0v) is 79.2. The number of hydrogen-bond acceptors (Lipinski definition) is 7. The van der Waals surface area contributed by atoms with Crippen molar-refractivity contribution in [3.8, 4) is 0 Å². The number of halogens is 2. The number of hydrogen-bond donors (Lipinski definition) is 5. The van der Waals surface area contributed by atoms with Crippen molar-refractivity contribution in [2.24, 2.45) is 11.5 Å². The monoisotopic (exact) mass is 1740 g/mol. The first-order valence-electron chi connectivity index (χ1n) is 47.7. The molecular weight excluding hydrogens is 1590 g/mol. The molecule has 0 aromatic heterocycles. The summed E-state index contributed by atoms with van der Waals surface area (Å²) in [6.45, 7) is 22.3. The third-order valence-electron chi connectivity index (χ3n) is 24.0. The van der Waals surface area contributed by atoms with E-state index in [2.05, 4.69) is 445 Å². The summed E-state index contributed by atoms with van der Waals surface area (Å²) in [6, 6.07) is 143. The van der Waals surface area contributed by atoms with Gasteiger partial charge >= 0.3 is 0 Å². The summed E-state index contributed by atoms with van der Waals surface area (Å²) in [7, 11) is 6.15. The van der Waals surface area contributed by atoms with Crippen LogP contribution >= 0.6 is 0 Å². The van der Waals surface area contributed by atoms with Gasteiger partial charge in [0, 0.05) is 53.5 Å². The topological polar surface area (TPSA) is 94.6 Å². The molecule has 7 N–H and O–H groups in total. The Morgan fingerprint density at radius 1 is 0.277 bits per heavy atom. The standard InChI is InChI=1S/C19H25N.C18H23N.C17H19F2N.3C17H21N.C16H19N/c1-3-20(4-2)16-15-19(17-11-7-5-8-12-17)18-13-9-6-10-14-18;1-15(2)19-14-13-18(16-9-5-3-6-10-16)17-11-7-4-8-12-17;1-12(20-2)9-17(13-5-3-7-15(18)10-13)14-6-4-8-16(19)11-14;1-18(2)14-13-17(15-9-5-3-6-10-15)16-11-7-4-8-12-16;18-14-8-7-13-17(15-9-3-1-4-10-15)16-11-5-2-6-12-16;1-2-18-14-13-17(15-9-5-3-6-10-15)16-11-7-4-8-12-16;17-13-7-12-16(14-8-3-1-4-9-14)15-10-5-2-6-11-15/h5-14,19H,3-4,15-16H2,1-2H3;3-12,15,18-19H,13-14H2,1-2H3;3-8,10-12,17,20H,9H2,1-2H3;3-12,17H,13-14H2,1-2H3;1-6,9-12,17H,7-8,13-14,18H2;3-12,17-18H,2,13-14H2,1H3;1-6,8-11,16H,7,12-13,17H2/t;;12-;;;;/m..0..../s1. The summed E-state index contributed by atoms with van der Waals surface area (Å²) < 4.78 is 26.9. The highest BCUT2D eigenvalue weighted by Crippen LogP contribution is 2.36. The van der Waals surface area contributed by atoms with Crippen molar-refractivity contribution in [1.29, 1.82) is 0 Å². The van der Waals surface area contributed by atoms with Gasteiger partial charge in [0.2, 0.25) is 0 Å². The van der Waals surface area contributed by atoms with E-state index in [0.717, 1.165) is 115 Å². The molecule has 0 spiro atoms. The second kappa shape index (κ2) is 62.8. The van der Waals surface area contributed by atoms with Crippen LogP contribution in [0.15, 0.2) is 413 Å². The van der Waals surface area contributed by atoms with Gasteiger partial charge in [0.05, 0.1) is 0 Å². The molecule has 0 heterocycles. The molecule has 682 valence electrons. The van der Waals surface area contributed by atoms with Crippen LogP contribution in [0.3, 0.4) is 0 Å². The summed E-state index contributed by atoms with van der Waals surface area (Å²) in [5.41, 5.74) is 29.8. The van der Waals surface area contributed by atoms with Crippen molar-refractivity contribution in [2.45, 2.75) is 159 Å². The summed E-state index contributed by atoms with van der Waals surface area (Å²) >= 11 is 0. The Bertz CT molecular complexity index is 4690. The molecule has 0 saturated heterocycles. The van der Waals surface area contributed by atoms with Crippen LogP contribution in [0.5, 0.6) is 0 Å². The van der Waals surface area contributed by atoms with E-state index in [0.29, 0.717) is 41.5 Å². The molecule has 9 heteroatoms. The maximum Gasteiger partial charge on any atom is 0.123 e. The minimum Gasteiger partial charge on any atom is -0.330 e. The molecule has 7 nitrogen and oxygen atoms in total. The van der Waals surface area contributed by atoms with Crippen LogP contribution in [0, 0.1) is 11.6 Å². The van der Waals surface area contributed by atoms with E-state index in [1.54, 1.807) is 12.1 Å². The van der Waals surface area contributed by atoms with E-state index in [9.17, 15) is 8.78 Å². The van der Waals surface area contributed by atoms with Gasteiger partial charge in [-0.15, -0.1) is 0 Å². The van der Waals surface area contributed by atoms with Crippen LogP contribution in [-0.2, 0) is 0 Å². The number of benzene rings is 14. The van der Waals surface area contributed by atoms with Crippen molar-refractivity contribution >= 4 is 0 Å². The zero-order chi connectivity index (χ0) is 92.2. The third-order valence-corrected chi connectivity index (χ3v) is 24.0. The number of nitrogens with one attached hydrogen (secondary N) is 3. The Morgan fingerprint density at radius 3 is 0.762 bits per heavy atom. The maximum atomic E-state index is 13.5. The molecule has 1 atom stereocenters. The van der Waals surface area contributed by atoms with Gasteiger partial charge in [0.1, 0.15) is 11.6 Å². The van der Waals surface area contributed by atoms with Crippen molar-refractivity contribution in [3.05, 3.63) is 502 Å². The Hall–Kier alpha value is -11.3. The van der Waals surface area contributed by atoms with E-state index in [1.165, 1.54) is 110 Å². The molecule has 0 bridgehead atoms. The summed E-state index contributed by atoms with van der Waals surface area (Å²) in [4.78, 5) is 4.75. The largest absolute Gasteiger partial charge is 0.330 e. The molecule has 130 heavy (non-hydrogen) atoms. The van der Waals surface area contributed by atoms with Gasteiger partial charge in [-0.3, -0.25) is 0 Å². The fourth-order valence-corrected chi connectivity index (χ4v) is 16.8. The quantitative estimate of drug-likeness (QED) is 0.0244. The smallest absolute Gasteiger partial charge is 0.123 e. The van der Waals surface area contributed by atoms with Crippen molar-refractivity contribution in [1.82, 2.24) is 25.8 Å². The number of unbranched alkanes of at least 4 members (excludes halogenated alkanes) is 1. The fraction of sp³-hybridized carbons (Fsp3) is 0.306. The van der Waals surface area contributed by atoms with E-state index in [1.807, 2.05) is 19.2 Å². The summed E-state index contributed by atoms with van der Waals surface area (Å²) in [5, 5.41) is 10.1. The van der Waals surface area contributed by atoms with Crippen molar-refractivity contribution < 1.29 is 8.78 Å². The SMILES string of the molecule is CC(C)NCCC(c1ccccc1)c1ccccc1.CCN(CC)CCC(c1ccccc1)c1ccccc1.CCNCCC(c1ccccc1)c1ccccc1.CN(C)CCC(c1ccccc1)c1ccccc1.CN[C@@H](C)CC(c1cccc(F)c1)c1cccc(F)c1.NCCCC(c1ccccc1)c1ccccc1.NCCCCC(c1ccccc1)c1ccccc1. The average Bonchev–Trinajstić information content (AvgIpc) is 0.872. The van der Waals surface area contributed by atoms with Gasteiger partial charge in [-0.1, -0.05) is 429 Å². The molecule has 14 aromatic rings. The van der Waals surface area contributed by atoms with Crippen LogP contribution in [0.4, 0.5) is 8.78 Å². The molecule has 0 aliphatic rings. The second-order valence-corrected chi connectivity index (χ2v) is 34.0. The molecule has 0 amide bonds. The van der Waals surface area contributed by atoms with Crippen LogP contribution in [0.1, 0.15) is 225 Å². The van der Waals surface area contributed by atoms with Crippen molar-refractivity contribution in [2.75, 3.05) is 80.0 Å². The molecule has 0 fully saturated rings. The lowest BCUT2D eigenvalue weighted by atomic mass is 9.86. The lowest BCUT2D eigenvalue weighted by Gasteiger charge is -2.23. The zero-order valence-electron chi connectivity index (χ0n) is 79.2. The number of nitrogens with two attached hydrogens (primary N) is 2. The Balaban J connectivity index is 0.000000187. The van der Waals surface area contributed by atoms with E-state index >= 15 is 0 Å². The molecule has 14 aromatic carbocycles. The lowest BCUT2D eigenvalue weighted by Crippen LogP contribution is -2.25. The Morgan fingerprint density at radius 2 is 0.523 bits per heavy atom. The summed E-state index contributed by atoms with van der Waals surface area (Å²) in [6.07, 6.45) is 11.0. The lowest BCUT2D eigenvalue weighted by molar-refractivity contribution is 0.295. The predicted molar refractivity (Wildman–Crippen MR) is 554 cm³/mol. The summed E-state index contributed by atoms with van der Waals surface area (Å²) in [5.74, 6) is 2.39. The average molecular weight is 1740 g/mol. The third kappa shape index (κ3) is 38.8. The fourth-order valence-electron chi connectivity index (χ4n) is 16.8. The first-order chi connectivity index (χ1) is 63.7. The number of nitrogens with zero attached hydrogens (tertiary/aromatic N) is 2. The highest BCUT2D eigenvalue weighted by molar-refractivity contribution is 5.40. The first kappa shape index (κ1) is 104. The van der Waals surface area contributed by atoms with Crippen LogP contribution in [-0.4, -0.2) is 102 Å². The van der Waals surface area contributed by atoms with Crippen LogP contribution in [0.25, 0.3) is 0 Å². The van der Waals surface area contributed by atoms with Gasteiger partial charge in [-0.2, -0.15) is 0 Å². The van der Waals surface area contributed by atoms with E-state index < -0.39 is 0 Å². The van der Waals surface area contributed by atoms with Crippen LogP contribution in [0.2, 0.25) is 0 Å². The van der Waals surface area contributed by atoms with Gasteiger partial charge in [-0.25, -0.2) is 8.78 Å². The highest BCUT2D eigenvalue weighted by atomic mass is 19.1. The van der Waals surface area contributed by atoms with Gasteiger partial charge in [0.15, 0.2) is 0 Å². The Kier molecular flexibility index (Phi) is 50.3. The highest BCUT2D eigenvalue weighted by Gasteiger charge is 2.22. The van der Waals surface area contributed by atoms with Gasteiger partial charge < -0.3 is 37.2 Å². The molecule has 0 aliphatic heterocycles. The second-order valence-electron chi connectivity index (χ2n) is 34.0. The normalized spacial score (nSPS) is 11.2.